The van der Waals surface area contributed by atoms with Crippen LogP contribution in [0.4, 0.5) is 11.5 Å². The zero-order valence-corrected chi connectivity index (χ0v) is 19.9. The molecule has 1 saturated heterocycles. The molecule has 1 fully saturated rings. The first-order chi connectivity index (χ1) is 16.4. The van der Waals surface area contributed by atoms with Crippen LogP contribution in [0.25, 0.3) is 0 Å². The molecule has 0 spiro atoms. The Morgan fingerprint density at radius 3 is 2.24 bits per heavy atom. The molecule has 0 unspecified atom stereocenters. The van der Waals surface area contributed by atoms with Crippen LogP contribution < -0.4 is 21.9 Å². The van der Waals surface area contributed by atoms with E-state index in [1.54, 1.807) is 6.92 Å². The number of hydrogen-bond donors (Lipinski definition) is 1. The number of aromatic nitrogens is 2. The zero-order chi connectivity index (χ0) is 24.2. The topological polar surface area (TPSA) is 93.6 Å². The molecule has 1 aliphatic heterocycles. The van der Waals surface area contributed by atoms with Gasteiger partial charge in [-0.3, -0.25) is 23.6 Å². The normalized spacial score (nSPS) is 14.4. The number of nitrogens with two attached hydrogens (primary N) is 1. The molecule has 178 valence electrons. The second-order valence-electron chi connectivity index (χ2n) is 8.30. The number of rotatable bonds is 7. The van der Waals surface area contributed by atoms with Gasteiger partial charge in [-0.1, -0.05) is 54.1 Å². The van der Waals surface area contributed by atoms with Gasteiger partial charge in [-0.2, -0.15) is 0 Å². The summed E-state index contributed by atoms with van der Waals surface area (Å²) in [6, 6.07) is 17.0. The Morgan fingerprint density at radius 2 is 1.59 bits per heavy atom. The van der Waals surface area contributed by atoms with E-state index in [1.807, 2.05) is 59.5 Å². The highest BCUT2D eigenvalue weighted by atomic mass is 35.5. The summed E-state index contributed by atoms with van der Waals surface area (Å²) >= 11 is 6.32. The molecule has 2 aromatic carbocycles. The Bertz CT molecular complexity index is 1290. The van der Waals surface area contributed by atoms with Crippen LogP contribution in [0.5, 0.6) is 0 Å². The van der Waals surface area contributed by atoms with Gasteiger partial charge in [0, 0.05) is 32.7 Å². The van der Waals surface area contributed by atoms with Gasteiger partial charge >= 0.3 is 5.69 Å². The fourth-order valence-corrected chi connectivity index (χ4v) is 4.57. The molecule has 4 rings (SSSR count). The predicted octanol–water partition coefficient (Wildman–Crippen LogP) is 2.32. The Hall–Kier alpha value is -3.36. The number of ketones is 1. The number of para-hydroxylation sites is 1. The maximum absolute atomic E-state index is 13.3. The number of nitrogens with zero attached hydrogens (tertiary/aromatic N) is 4. The number of carbonyl (C=O) groups excluding carboxylic acids is 1. The average molecular weight is 482 g/mol. The largest absolute Gasteiger partial charge is 0.384 e. The molecule has 0 atom stereocenters. The van der Waals surface area contributed by atoms with Crippen LogP contribution in [0.15, 0.2) is 64.2 Å². The minimum Gasteiger partial charge on any atom is -0.384 e. The molecule has 0 bridgehead atoms. The van der Waals surface area contributed by atoms with E-state index in [1.165, 1.54) is 4.57 Å². The van der Waals surface area contributed by atoms with Gasteiger partial charge in [-0.05, 0) is 24.6 Å². The second-order valence-corrected chi connectivity index (χ2v) is 8.71. The molecule has 1 aliphatic rings. The minimum absolute atomic E-state index is 0.0586. The summed E-state index contributed by atoms with van der Waals surface area (Å²) in [5.74, 6) is -0.457. The van der Waals surface area contributed by atoms with Crippen LogP contribution in [0.3, 0.4) is 0 Å². The Labute approximate surface area is 202 Å². The monoisotopic (exact) mass is 481 g/mol. The van der Waals surface area contributed by atoms with Crippen molar-refractivity contribution in [2.75, 3.05) is 43.4 Å². The molecule has 0 aliphatic carbocycles. The third-order valence-corrected chi connectivity index (χ3v) is 6.50. The summed E-state index contributed by atoms with van der Waals surface area (Å²) in [5.41, 5.74) is 6.82. The zero-order valence-electron chi connectivity index (χ0n) is 19.1. The van der Waals surface area contributed by atoms with Gasteiger partial charge < -0.3 is 10.6 Å². The van der Waals surface area contributed by atoms with Crippen molar-refractivity contribution in [3.8, 4) is 0 Å². The average Bonchev–Trinajstić information content (AvgIpc) is 2.84. The molecule has 0 amide bonds. The first-order valence-corrected chi connectivity index (χ1v) is 11.7. The summed E-state index contributed by atoms with van der Waals surface area (Å²) in [5, 5.41) is 0.695. The standard InChI is InChI=1S/C25H28ClN5O3/c1-2-30-24(33)22(23(27)31(25(30)34)16-18-8-4-3-5-9-18)21(32)17-28-12-14-29(15-13-28)20-11-7-6-10-19(20)26/h3-11H,2,12-17,27H2,1H3. The second kappa shape index (κ2) is 10.3. The van der Waals surface area contributed by atoms with E-state index in [0.717, 1.165) is 15.8 Å². The number of halogens is 1. The molecule has 3 aromatic rings. The maximum Gasteiger partial charge on any atom is 0.332 e. The van der Waals surface area contributed by atoms with Crippen LogP contribution >= 0.6 is 11.6 Å². The summed E-state index contributed by atoms with van der Waals surface area (Å²) in [4.78, 5) is 43.4. The highest BCUT2D eigenvalue weighted by molar-refractivity contribution is 6.33. The van der Waals surface area contributed by atoms with Crippen LogP contribution in [-0.4, -0.2) is 52.5 Å². The van der Waals surface area contributed by atoms with Gasteiger partial charge in [0.25, 0.3) is 5.56 Å². The van der Waals surface area contributed by atoms with Gasteiger partial charge in [-0.25, -0.2) is 4.79 Å². The van der Waals surface area contributed by atoms with Gasteiger partial charge in [0.2, 0.25) is 0 Å². The molecule has 0 saturated carbocycles. The molecular weight excluding hydrogens is 454 g/mol. The van der Waals surface area contributed by atoms with Crippen LogP contribution in [-0.2, 0) is 13.1 Å². The van der Waals surface area contributed by atoms with Crippen LogP contribution in [0.2, 0.25) is 5.02 Å². The SMILES string of the molecule is CCn1c(=O)c(C(=O)CN2CCN(c3ccccc3Cl)CC2)c(N)n(Cc2ccccc2)c1=O. The van der Waals surface area contributed by atoms with E-state index >= 15 is 0 Å². The van der Waals surface area contributed by atoms with Crippen molar-refractivity contribution in [1.29, 1.82) is 0 Å². The lowest BCUT2D eigenvalue weighted by atomic mass is 10.1. The smallest absolute Gasteiger partial charge is 0.332 e. The lowest BCUT2D eigenvalue weighted by Gasteiger charge is -2.36. The number of piperazine rings is 1. The van der Waals surface area contributed by atoms with Crippen molar-refractivity contribution in [1.82, 2.24) is 14.0 Å². The number of carbonyl (C=O) groups is 1. The minimum atomic E-state index is -0.631. The molecule has 8 nitrogen and oxygen atoms in total. The first kappa shape index (κ1) is 23.8. The molecule has 34 heavy (non-hydrogen) atoms. The highest BCUT2D eigenvalue weighted by Gasteiger charge is 2.26. The molecular formula is C25H28ClN5O3. The van der Waals surface area contributed by atoms with Gasteiger partial charge in [0.05, 0.1) is 23.8 Å². The van der Waals surface area contributed by atoms with Gasteiger partial charge in [0.15, 0.2) is 5.78 Å². The number of anilines is 2. The number of hydrogen-bond acceptors (Lipinski definition) is 6. The van der Waals surface area contributed by atoms with E-state index in [2.05, 4.69) is 4.90 Å². The molecule has 9 heteroatoms. The summed E-state index contributed by atoms with van der Waals surface area (Å²) in [6.07, 6.45) is 0. The van der Waals surface area contributed by atoms with E-state index in [4.69, 9.17) is 17.3 Å². The van der Waals surface area contributed by atoms with Crippen molar-refractivity contribution < 1.29 is 4.79 Å². The predicted molar refractivity (Wildman–Crippen MR) is 135 cm³/mol. The Balaban J connectivity index is 1.55. The first-order valence-electron chi connectivity index (χ1n) is 11.3. The molecule has 0 radical (unpaired) electrons. The quantitative estimate of drug-likeness (QED) is 0.520. The number of benzene rings is 2. The highest BCUT2D eigenvalue weighted by Crippen LogP contribution is 2.26. The van der Waals surface area contributed by atoms with Crippen LogP contribution in [0.1, 0.15) is 22.8 Å². The molecule has 2 heterocycles. The van der Waals surface area contributed by atoms with Gasteiger partial charge in [-0.15, -0.1) is 0 Å². The fourth-order valence-electron chi connectivity index (χ4n) is 4.31. The van der Waals surface area contributed by atoms with E-state index in [0.29, 0.717) is 31.2 Å². The summed E-state index contributed by atoms with van der Waals surface area (Å²) in [7, 11) is 0. The van der Waals surface area contributed by atoms with E-state index in [-0.39, 0.29) is 36.8 Å². The van der Waals surface area contributed by atoms with Crippen molar-refractivity contribution in [2.24, 2.45) is 0 Å². The van der Waals surface area contributed by atoms with Crippen molar-refractivity contribution in [2.45, 2.75) is 20.0 Å². The number of Topliss-reactive ketones (excluding diaryl/α,β-unsaturated/α-hetero) is 1. The van der Waals surface area contributed by atoms with E-state index < -0.39 is 11.2 Å². The maximum atomic E-state index is 13.3. The molecule has 2 N–H and O–H groups in total. The Kier molecular flexibility index (Phi) is 7.19. The van der Waals surface area contributed by atoms with E-state index in [9.17, 15) is 14.4 Å². The Morgan fingerprint density at radius 1 is 0.941 bits per heavy atom. The number of nitrogen functional groups attached to an aromatic ring is 1. The third-order valence-electron chi connectivity index (χ3n) is 6.18. The van der Waals surface area contributed by atoms with Crippen molar-refractivity contribution >= 4 is 28.9 Å². The van der Waals surface area contributed by atoms with Gasteiger partial charge in [0.1, 0.15) is 11.4 Å². The van der Waals surface area contributed by atoms with Crippen molar-refractivity contribution in [3.05, 3.63) is 91.6 Å². The van der Waals surface area contributed by atoms with Crippen LogP contribution in [0, 0.1) is 0 Å². The van der Waals surface area contributed by atoms with Crippen molar-refractivity contribution in [3.63, 3.8) is 0 Å². The summed E-state index contributed by atoms with van der Waals surface area (Å²) < 4.78 is 2.38. The fraction of sp³-hybridized carbons (Fsp3) is 0.320. The lowest BCUT2D eigenvalue weighted by molar-refractivity contribution is 0.0924. The lowest BCUT2D eigenvalue weighted by Crippen LogP contribution is -2.49. The molecule has 1 aromatic heterocycles. The third kappa shape index (κ3) is 4.78. The summed E-state index contributed by atoms with van der Waals surface area (Å²) in [6.45, 7) is 4.80.